The number of benzene rings is 2. The summed E-state index contributed by atoms with van der Waals surface area (Å²) in [5.74, 6) is 1.87. The van der Waals surface area contributed by atoms with Crippen LogP contribution < -0.4 is 10.9 Å². The van der Waals surface area contributed by atoms with Crippen molar-refractivity contribution in [2.75, 3.05) is 0 Å². The predicted molar refractivity (Wildman–Crippen MR) is 134 cm³/mol. The van der Waals surface area contributed by atoms with Crippen molar-refractivity contribution in [1.29, 1.82) is 0 Å². The first kappa shape index (κ1) is 22.0. The number of nitrogens with one attached hydrogen (secondary N) is 1. The molecule has 0 spiro atoms. The molecule has 34 heavy (non-hydrogen) atoms. The van der Waals surface area contributed by atoms with Gasteiger partial charge in [-0.3, -0.25) is 14.3 Å². The molecule has 176 valence electrons. The Balaban J connectivity index is 1.36. The van der Waals surface area contributed by atoms with Crippen LogP contribution in [0.3, 0.4) is 0 Å². The Morgan fingerprint density at radius 2 is 1.59 bits per heavy atom. The number of nitrogens with zero attached hydrogens (tertiary/aromatic N) is 2. The van der Waals surface area contributed by atoms with E-state index in [-0.39, 0.29) is 22.6 Å². The summed E-state index contributed by atoms with van der Waals surface area (Å²) in [7, 11) is 0. The number of carbonyl (C=O) groups excluding carboxylic acids is 1. The zero-order valence-corrected chi connectivity index (χ0v) is 20.4. The third-order valence-electron chi connectivity index (χ3n) is 7.92. The summed E-state index contributed by atoms with van der Waals surface area (Å²) in [6.45, 7) is 0.406. The van der Waals surface area contributed by atoms with E-state index in [9.17, 15) is 9.59 Å². The largest absolute Gasteiger partial charge is 0.346 e. The first-order valence-corrected chi connectivity index (χ1v) is 12.8. The van der Waals surface area contributed by atoms with E-state index in [1.54, 1.807) is 39.8 Å². The van der Waals surface area contributed by atoms with Crippen LogP contribution in [0.5, 0.6) is 0 Å². The Kier molecular flexibility index (Phi) is 5.38. The van der Waals surface area contributed by atoms with E-state index in [1.807, 2.05) is 24.3 Å². The molecule has 1 N–H and O–H groups in total. The number of halogens is 2. The number of hydrogen-bond donors (Lipinski definition) is 1. The molecule has 0 aliphatic heterocycles. The van der Waals surface area contributed by atoms with Crippen LogP contribution in [0.4, 0.5) is 0 Å². The highest BCUT2D eigenvalue weighted by atomic mass is 35.5. The molecular weight excluding hydrogens is 469 g/mol. The van der Waals surface area contributed by atoms with Gasteiger partial charge in [-0.15, -0.1) is 0 Å². The molecule has 1 aromatic heterocycles. The molecule has 0 radical (unpaired) electrons. The van der Waals surface area contributed by atoms with Gasteiger partial charge in [0, 0.05) is 21.8 Å². The fraction of sp³-hybridized carbons (Fsp3) is 0.407. The fourth-order valence-electron chi connectivity index (χ4n) is 7.01. The van der Waals surface area contributed by atoms with E-state index < -0.39 is 0 Å². The second kappa shape index (κ2) is 8.31. The smallest absolute Gasteiger partial charge is 0.284 e. The second-order valence-corrected chi connectivity index (χ2v) is 11.4. The standard InChI is InChI=1S/C27H27Cl2N3O2/c28-21-4-6-23(7-5-21)32-26(34)24(16-31(32)15-17-2-1-3-22(29)11-17)25(33)30-27-12-18-8-19(13-27)10-20(9-18)14-27/h1-7,11,16,18-20H,8-10,12-15H2,(H,30,33). The molecule has 3 aromatic rings. The third kappa shape index (κ3) is 3.99. The lowest BCUT2D eigenvalue weighted by molar-refractivity contribution is -0.0167. The molecule has 1 heterocycles. The van der Waals surface area contributed by atoms with Gasteiger partial charge in [0.1, 0.15) is 5.56 Å². The van der Waals surface area contributed by atoms with Crippen molar-refractivity contribution >= 4 is 29.1 Å². The van der Waals surface area contributed by atoms with Gasteiger partial charge < -0.3 is 5.32 Å². The predicted octanol–water partition coefficient (Wildman–Crippen LogP) is 5.69. The van der Waals surface area contributed by atoms with Crippen LogP contribution in [-0.2, 0) is 6.54 Å². The summed E-state index contributed by atoms with van der Waals surface area (Å²) >= 11 is 12.3. The summed E-state index contributed by atoms with van der Waals surface area (Å²) in [6.07, 6.45) is 8.70. The number of aromatic nitrogens is 2. The van der Waals surface area contributed by atoms with E-state index in [0.717, 1.165) is 24.8 Å². The SMILES string of the molecule is O=C(NC12CC3CC(CC(C3)C1)C2)c1cn(Cc2cccc(Cl)c2)n(-c2ccc(Cl)cc2)c1=O. The highest BCUT2D eigenvalue weighted by molar-refractivity contribution is 6.30. The molecule has 0 atom stereocenters. The van der Waals surface area contributed by atoms with Crippen LogP contribution in [0.15, 0.2) is 59.5 Å². The van der Waals surface area contributed by atoms with E-state index in [1.165, 1.54) is 19.3 Å². The van der Waals surface area contributed by atoms with Gasteiger partial charge in [0.2, 0.25) is 0 Å². The van der Waals surface area contributed by atoms with Gasteiger partial charge in [0.15, 0.2) is 0 Å². The molecule has 1 amide bonds. The van der Waals surface area contributed by atoms with Crippen molar-refractivity contribution < 1.29 is 4.79 Å². The summed E-state index contributed by atoms with van der Waals surface area (Å²) in [4.78, 5) is 27.1. The van der Waals surface area contributed by atoms with Crippen LogP contribution in [0.1, 0.15) is 54.4 Å². The molecule has 7 heteroatoms. The topological polar surface area (TPSA) is 56.0 Å². The molecule has 4 aliphatic rings. The number of carbonyl (C=O) groups is 1. The highest BCUT2D eigenvalue weighted by Gasteiger charge is 2.51. The first-order valence-electron chi connectivity index (χ1n) is 12.0. The van der Waals surface area contributed by atoms with E-state index in [2.05, 4.69) is 5.32 Å². The van der Waals surface area contributed by atoms with Crippen LogP contribution in [0, 0.1) is 17.8 Å². The Hall–Kier alpha value is -2.50. The Morgan fingerprint density at radius 3 is 2.21 bits per heavy atom. The maximum atomic E-state index is 13.6. The molecule has 5 nitrogen and oxygen atoms in total. The lowest BCUT2D eigenvalue weighted by Crippen LogP contribution is -2.60. The Morgan fingerprint density at radius 1 is 0.941 bits per heavy atom. The average Bonchev–Trinajstić information content (AvgIpc) is 3.09. The van der Waals surface area contributed by atoms with Gasteiger partial charge in [0.25, 0.3) is 11.5 Å². The van der Waals surface area contributed by atoms with Crippen molar-refractivity contribution in [3.63, 3.8) is 0 Å². The highest BCUT2D eigenvalue weighted by Crippen LogP contribution is 2.55. The quantitative estimate of drug-likeness (QED) is 0.493. The molecule has 7 rings (SSSR count). The van der Waals surface area contributed by atoms with Gasteiger partial charge in [-0.1, -0.05) is 35.3 Å². The van der Waals surface area contributed by atoms with Gasteiger partial charge in [-0.25, -0.2) is 4.68 Å². The number of amides is 1. The molecule has 0 unspecified atom stereocenters. The van der Waals surface area contributed by atoms with Gasteiger partial charge in [-0.05, 0) is 98.2 Å². The summed E-state index contributed by atoms with van der Waals surface area (Å²) in [5.41, 5.74) is 1.29. The molecule has 4 fully saturated rings. The molecule has 4 bridgehead atoms. The Bertz CT molecular complexity index is 1270. The Labute approximate surface area is 208 Å². The summed E-state index contributed by atoms with van der Waals surface area (Å²) in [5, 5.41) is 4.56. The first-order chi connectivity index (χ1) is 16.4. The minimum absolute atomic E-state index is 0.154. The molecular formula is C27H27Cl2N3O2. The minimum Gasteiger partial charge on any atom is -0.346 e. The lowest BCUT2D eigenvalue weighted by Gasteiger charge is -2.56. The third-order valence-corrected chi connectivity index (χ3v) is 8.41. The average molecular weight is 496 g/mol. The minimum atomic E-state index is -0.327. The van der Waals surface area contributed by atoms with E-state index in [0.29, 0.717) is 40.0 Å². The van der Waals surface area contributed by atoms with Crippen molar-refractivity contribution in [1.82, 2.24) is 14.7 Å². The van der Waals surface area contributed by atoms with Gasteiger partial charge in [0.05, 0.1) is 12.2 Å². The molecule has 4 saturated carbocycles. The van der Waals surface area contributed by atoms with Crippen LogP contribution in [-0.4, -0.2) is 20.8 Å². The number of hydrogen-bond acceptors (Lipinski definition) is 2. The van der Waals surface area contributed by atoms with E-state index >= 15 is 0 Å². The van der Waals surface area contributed by atoms with Crippen molar-refractivity contribution in [2.24, 2.45) is 17.8 Å². The summed E-state index contributed by atoms with van der Waals surface area (Å²) < 4.78 is 3.33. The summed E-state index contributed by atoms with van der Waals surface area (Å²) in [6, 6.07) is 14.6. The normalized spacial score (nSPS) is 27.2. The fourth-order valence-corrected chi connectivity index (χ4v) is 7.35. The zero-order chi connectivity index (χ0) is 23.4. The zero-order valence-electron chi connectivity index (χ0n) is 18.8. The molecule has 4 aliphatic carbocycles. The van der Waals surface area contributed by atoms with Crippen molar-refractivity contribution in [3.8, 4) is 5.69 Å². The number of rotatable bonds is 5. The lowest BCUT2D eigenvalue weighted by atomic mass is 9.53. The van der Waals surface area contributed by atoms with Crippen LogP contribution in [0.2, 0.25) is 10.0 Å². The monoisotopic (exact) mass is 495 g/mol. The van der Waals surface area contributed by atoms with Gasteiger partial charge >= 0.3 is 0 Å². The molecule has 2 aromatic carbocycles. The second-order valence-electron chi connectivity index (χ2n) is 10.5. The van der Waals surface area contributed by atoms with Crippen molar-refractivity contribution in [3.05, 3.63) is 86.3 Å². The van der Waals surface area contributed by atoms with E-state index in [4.69, 9.17) is 23.2 Å². The van der Waals surface area contributed by atoms with Crippen LogP contribution in [0.25, 0.3) is 5.69 Å². The van der Waals surface area contributed by atoms with Gasteiger partial charge in [-0.2, -0.15) is 0 Å². The maximum Gasteiger partial charge on any atom is 0.284 e. The van der Waals surface area contributed by atoms with Crippen LogP contribution >= 0.6 is 23.2 Å². The maximum absolute atomic E-state index is 13.6. The molecule has 0 saturated heterocycles. The van der Waals surface area contributed by atoms with Crippen molar-refractivity contribution in [2.45, 2.75) is 50.6 Å².